The standard InChI is InChI=1S/C12H20N4/c1-8-6-14-10(3)12(15-8)16-7-11(5-13)4-9(16)2/h6,9,11H,4-5,7,13H2,1-3H3. The third-order valence-corrected chi connectivity index (χ3v) is 3.32. The maximum Gasteiger partial charge on any atom is 0.150 e. The molecule has 4 nitrogen and oxygen atoms in total. The van der Waals surface area contributed by atoms with Crippen molar-refractivity contribution in [2.24, 2.45) is 11.7 Å². The number of rotatable bonds is 2. The summed E-state index contributed by atoms with van der Waals surface area (Å²) in [6.45, 7) is 8.01. The number of hydrogen-bond donors (Lipinski definition) is 1. The lowest BCUT2D eigenvalue weighted by molar-refractivity contribution is 0.579. The Hall–Kier alpha value is -1.16. The Balaban J connectivity index is 2.27. The summed E-state index contributed by atoms with van der Waals surface area (Å²) in [6.07, 6.45) is 2.98. The van der Waals surface area contributed by atoms with Gasteiger partial charge in [-0.15, -0.1) is 0 Å². The lowest BCUT2D eigenvalue weighted by Gasteiger charge is -2.24. The number of aromatic nitrogens is 2. The molecule has 0 bridgehead atoms. The summed E-state index contributed by atoms with van der Waals surface area (Å²) in [4.78, 5) is 11.3. The molecule has 1 fully saturated rings. The van der Waals surface area contributed by atoms with Gasteiger partial charge in [0.25, 0.3) is 0 Å². The van der Waals surface area contributed by atoms with Gasteiger partial charge >= 0.3 is 0 Å². The van der Waals surface area contributed by atoms with Crippen LogP contribution < -0.4 is 10.6 Å². The van der Waals surface area contributed by atoms with Gasteiger partial charge in [0.2, 0.25) is 0 Å². The zero-order chi connectivity index (χ0) is 11.7. The number of nitrogens with two attached hydrogens (primary N) is 1. The topological polar surface area (TPSA) is 55.0 Å². The Morgan fingerprint density at radius 3 is 2.88 bits per heavy atom. The molecule has 1 aromatic rings. The lowest BCUT2D eigenvalue weighted by atomic mass is 10.1. The van der Waals surface area contributed by atoms with E-state index in [0.717, 1.165) is 36.7 Å². The van der Waals surface area contributed by atoms with E-state index >= 15 is 0 Å². The average Bonchev–Trinajstić information content (AvgIpc) is 2.63. The van der Waals surface area contributed by atoms with Crippen LogP contribution in [-0.2, 0) is 0 Å². The van der Waals surface area contributed by atoms with Crippen molar-refractivity contribution in [3.8, 4) is 0 Å². The fraction of sp³-hybridized carbons (Fsp3) is 0.667. The Bertz CT molecular complexity index is 377. The van der Waals surface area contributed by atoms with Crippen molar-refractivity contribution >= 4 is 5.82 Å². The summed E-state index contributed by atoms with van der Waals surface area (Å²) in [6, 6.07) is 0.517. The van der Waals surface area contributed by atoms with Crippen LogP contribution in [0.15, 0.2) is 6.20 Å². The van der Waals surface area contributed by atoms with Gasteiger partial charge in [-0.05, 0) is 39.7 Å². The molecular weight excluding hydrogens is 200 g/mol. The Labute approximate surface area is 96.9 Å². The number of anilines is 1. The van der Waals surface area contributed by atoms with Crippen molar-refractivity contribution in [1.29, 1.82) is 0 Å². The molecule has 16 heavy (non-hydrogen) atoms. The minimum Gasteiger partial charge on any atom is -0.352 e. The lowest BCUT2D eigenvalue weighted by Crippen LogP contribution is -2.29. The summed E-state index contributed by atoms with van der Waals surface area (Å²) in [7, 11) is 0. The van der Waals surface area contributed by atoms with E-state index in [2.05, 4.69) is 21.8 Å². The molecule has 4 heteroatoms. The highest BCUT2D eigenvalue weighted by molar-refractivity contribution is 5.45. The SMILES string of the molecule is Cc1cnc(C)c(N2CC(CN)CC2C)n1. The van der Waals surface area contributed by atoms with Gasteiger partial charge in [-0.1, -0.05) is 0 Å². The van der Waals surface area contributed by atoms with Crippen LogP contribution in [-0.4, -0.2) is 29.1 Å². The molecule has 0 saturated carbocycles. The molecule has 88 valence electrons. The van der Waals surface area contributed by atoms with Gasteiger partial charge in [0, 0.05) is 18.8 Å². The van der Waals surface area contributed by atoms with Crippen LogP contribution >= 0.6 is 0 Å². The highest BCUT2D eigenvalue weighted by Gasteiger charge is 2.30. The summed E-state index contributed by atoms with van der Waals surface area (Å²) in [5, 5.41) is 0. The molecule has 0 spiro atoms. The zero-order valence-electron chi connectivity index (χ0n) is 10.3. The molecule has 1 aromatic heterocycles. The smallest absolute Gasteiger partial charge is 0.150 e. The van der Waals surface area contributed by atoms with E-state index in [1.54, 1.807) is 0 Å². The molecule has 1 aliphatic rings. The highest BCUT2D eigenvalue weighted by Crippen LogP contribution is 2.28. The van der Waals surface area contributed by atoms with Crippen molar-refractivity contribution in [1.82, 2.24) is 9.97 Å². The largest absolute Gasteiger partial charge is 0.352 e. The minimum absolute atomic E-state index is 0.517. The maximum atomic E-state index is 5.74. The van der Waals surface area contributed by atoms with Gasteiger partial charge in [0.1, 0.15) is 0 Å². The van der Waals surface area contributed by atoms with Crippen molar-refractivity contribution in [2.75, 3.05) is 18.0 Å². The summed E-state index contributed by atoms with van der Waals surface area (Å²) in [5.74, 6) is 1.63. The van der Waals surface area contributed by atoms with E-state index in [4.69, 9.17) is 5.73 Å². The predicted molar refractivity (Wildman–Crippen MR) is 65.5 cm³/mol. The van der Waals surface area contributed by atoms with E-state index in [0.29, 0.717) is 12.0 Å². The normalized spacial score (nSPS) is 25.1. The predicted octanol–water partition coefficient (Wildman–Crippen LogP) is 1.27. The summed E-state index contributed by atoms with van der Waals surface area (Å²) in [5.41, 5.74) is 7.73. The molecule has 0 amide bonds. The molecule has 2 unspecified atom stereocenters. The van der Waals surface area contributed by atoms with E-state index in [1.165, 1.54) is 0 Å². The van der Waals surface area contributed by atoms with Gasteiger partial charge in [-0.3, -0.25) is 4.98 Å². The van der Waals surface area contributed by atoms with Gasteiger partial charge in [0.15, 0.2) is 5.82 Å². The second kappa shape index (κ2) is 4.37. The van der Waals surface area contributed by atoms with Crippen LogP contribution in [0.3, 0.4) is 0 Å². The Morgan fingerprint density at radius 1 is 1.50 bits per heavy atom. The summed E-state index contributed by atoms with van der Waals surface area (Å²) < 4.78 is 0. The molecular formula is C12H20N4. The van der Waals surface area contributed by atoms with Crippen LogP contribution in [0, 0.1) is 19.8 Å². The number of aryl methyl sites for hydroxylation is 2. The molecule has 0 radical (unpaired) electrons. The van der Waals surface area contributed by atoms with Crippen LogP contribution in [0.4, 0.5) is 5.82 Å². The van der Waals surface area contributed by atoms with Crippen LogP contribution in [0.1, 0.15) is 24.7 Å². The van der Waals surface area contributed by atoms with Gasteiger partial charge in [0.05, 0.1) is 11.4 Å². The number of hydrogen-bond acceptors (Lipinski definition) is 4. The fourth-order valence-corrected chi connectivity index (χ4v) is 2.41. The second-order valence-corrected chi connectivity index (χ2v) is 4.76. The second-order valence-electron chi connectivity index (χ2n) is 4.76. The maximum absolute atomic E-state index is 5.74. The third-order valence-electron chi connectivity index (χ3n) is 3.32. The van der Waals surface area contributed by atoms with Crippen LogP contribution in [0.5, 0.6) is 0 Å². The fourth-order valence-electron chi connectivity index (χ4n) is 2.41. The molecule has 0 aliphatic carbocycles. The van der Waals surface area contributed by atoms with Gasteiger partial charge in [-0.2, -0.15) is 0 Å². The van der Waals surface area contributed by atoms with Crippen molar-refractivity contribution < 1.29 is 0 Å². The van der Waals surface area contributed by atoms with Crippen LogP contribution in [0.25, 0.3) is 0 Å². The first-order valence-electron chi connectivity index (χ1n) is 5.88. The van der Waals surface area contributed by atoms with Crippen molar-refractivity contribution in [2.45, 2.75) is 33.2 Å². The van der Waals surface area contributed by atoms with E-state index < -0.39 is 0 Å². The first-order chi connectivity index (χ1) is 7.61. The highest BCUT2D eigenvalue weighted by atomic mass is 15.2. The first-order valence-corrected chi connectivity index (χ1v) is 5.88. The van der Waals surface area contributed by atoms with E-state index in [-0.39, 0.29) is 0 Å². The molecule has 1 saturated heterocycles. The molecule has 0 aromatic carbocycles. The molecule has 2 rings (SSSR count). The average molecular weight is 220 g/mol. The third kappa shape index (κ3) is 2.02. The molecule has 2 heterocycles. The quantitative estimate of drug-likeness (QED) is 0.815. The monoisotopic (exact) mass is 220 g/mol. The minimum atomic E-state index is 0.517. The van der Waals surface area contributed by atoms with E-state index in [1.807, 2.05) is 20.0 Å². The van der Waals surface area contributed by atoms with Gasteiger partial charge < -0.3 is 10.6 Å². The van der Waals surface area contributed by atoms with Crippen molar-refractivity contribution in [3.05, 3.63) is 17.6 Å². The first kappa shape index (κ1) is 11.3. The van der Waals surface area contributed by atoms with E-state index in [9.17, 15) is 0 Å². The zero-order valence-corrected chi connectivity index (χ0v) is 10.3. The number of nitrogens with zero attached hydrogens (tertiary/aromatic N) is 3. The Kier molecular flexibility index (Phi) is 3.10. The van der Waals surface area contributed by atoms with Crippen molar-refractivity contribution in [3.63, 3.8) is 0 Å². The Morgan fingerprint density at radius 2 is 2.25 bits per heavy atom. The summed E-state index contributed by atoms with van der Waals surface area (Å²) >= 11 is 0. The van der Waals surface area contributed by atoms with Gasteiger partial charge in [-0.25, -0.2) is 4.98 Å². The molecule has 1 aliphatic heterocycles. The molecule has 2 N–H and O–H groups in total. The van der Waals surface area contributed by atoms with Crippen LogP contribution in [0.2, 0.25) is 0 Å². The molecule has 2 atom stereocenters.